The molecule has 0 radical (unpaired) electrons. The normalized spacial score (nSPS) is 19.5. The number of nitriles is 1. The summed E-state index contributed by atoms with van der Waals surface area (Å²) in [7, 11) is 0. The molecule has 36 heavy (non-hydrogen) atoms. The van der Waals surface area contributed by atoms with Gasteiger partial charge in [0.1, 0.15) is 5.75 Å². The fourth-order valence-electron chi connectivity index (χ4n) is 5.30. The van der Waals surface area contributed by atoms with Gasteiger partial charge in [0, 0.05) is 40.1 Å². The monoisotopic (exact) mass is 548 g/mol. The van der Waals surface area contributed by atoms with Crippen LogP contribution in [0, 0.1) is 17.2 Å². The number of ketones is 1. The molecule has 0 bridgehead atoms. The molecule has 0 saturated heterocycles. The lowest BCUT2D eigenvalue weighted by atomic mass is 9.72. The number of hydrogen-bond donors (Lipinski definition) is 3. The molecule has 4 rings (SSSR count). The number of dihydropyridines is 1. The molecule has 0 spiro atoms. The number of para-hydroxylation sites is 1. The maximum absolute atomic E-state index is 13.4. The third-order valence-corrected chi connectivity index (χ3v) is 7.58. The van der Waals surface area contributed by atoms with Crippen molar-refractivity contribution in [2.24, 2.45) is 5.92 Å². The summed E-state index contributed by atoms with van der Waals surface area (Å²) in [5.74, 6) is 0.714. The maximum atomic E-state index is 13.4. The van der Waals surface area contributed by atoms with Crippen LogP contribution in [0.5, 0.6) is 5.75 Å². The predicted molar refractivity (Wildman–Crippen MR) is 147 cm³/mol. The van der Waals surface area contributed by atoms with Crippen molar-refractivity contribution in [2.45, 2.75) is 58.9 Å². The van der Waals surface area contributed by atoms with Gasteiger partial charge in [-0.3, -0.25) is 4.79 Å². The Morgan fingerprint density at radius 2 is 2.03 bits per heavy atom. The Kier molecular flexibility index (Phi) is 8.05. The first-order valence-corrected chi connectivity index (χ1v) is 13.3. The highest BCUT2D eigenvalue weighted by Crippen LogP contribution is 2.46. The van der Waals surface area contributed by atoms with Crippen molar-refractivity contribution >= 4 is 33.1 Å². The molecule has 1 heterocycles. The van der Waals surface area contributed by atoms with E-state index in [1.54, 1.807) is 0 Å². The highest BCUT2D eigenvalue weighted by atomic mass is 79.9. The van der Waals surface area contributed by atoms with Gasteiger partial charge in [-0.25, -0.2) is 0 Å². The number of Topliss-reactive ketones (excluding diaryl/α,β-unsaturated/α-hetero) is 1. The fourth-order valence-corrected chi connectivity index (χ4v) is 5.90. The number of rotatable bonds is 8. The summed E-state index contributed by atoms with van der Waals surface area (Å²) in [6.45, 7) is 7.03. The number of hydrogen-bond acceptors (Lipinski definition) is 6. The van der Waals surface area contributed by atoms with Crippen LogP contribution in [0.3, 0.4) is 0 Å². The minimum Gasteiger partial charge on any atom is -0.492 e. The quantitative estimate of drug-likeness (QED) is 0.323. The summed E-state index contributed by atoms with van der Waals surface area (Å²) in [4.78, 5) is 13.4. The number of anilines is 2. The van der Waals surface area contributed by atoms with Gasteiger partial charge in [0.25, 0.3) is 0 Å². The van der Waals surface area contributed by atoms with Crippen LogP contribution in [-0.2, 0) is 11.3 Å². The zero-order valence-electron chi connectivity index (χ0n) is 21.1. The zero-order chi connectivity index (χ0) is 25.8. The van der Waals surface area contributed by atoms with E-state index in [0.29, 0.717) is 36.8 Å². The van der Waals surface area contributed by atoms with E-state index in [-0.39, 0.29) is 5.78 Å². The van der Waals surface area contributed by atoms with Crippen LogP contribution in [0.2, 0.25) is 0 Å². The summed E-state index contributed by atoms with van der Waals surface area (Å²) >= 11 is 3.73. The molecule has 2 aromatic carbocycles. The minimum absolute atomic E-state index is 0.128. The van der Waals surface area contributed by atoms with Crippen LogP contribution in [0.4, 0.5) is 11.4 Å². The van der Waals surface area contributed by atoms with E-state index in [1.165, 1.54) is 0 Å². The van der Waals surface area contributed by atoms with Crippen LogP contribution < -0.4 is 21.1 Å². The lowest BCUT2D eigenvalue weighted by Crippen LogP contribution is -2.34. The van der Waals surface area contributed by atoms with E-state index in [2.05, 4.69) is 39.6 Å². The summed E-state index contributed by atoms with van der Waals surface area (Å²) in [5, 5.41) is 16.9. The molecule has 0 amide bonds. The molecule has 188 valence electrons. The van der Waals surface area contributed by atoms with Gasteiger partial charge < -0.3 is 21.1 Å². The Labute approximate surface area is 221 Å². The van der Waals surface area contributed by atoms with Crippen molar-refractivity contribution in [1.29, 1.82) is 5.26 Å². The smallest absolute Gasteiger partial charge is 0.161 e. The standard InChI is InChI=1S/C29H33BrN4O2/c1-4-8-18-11-24-28(25(35)12-18)27(21(15-31)17(3)34-24)20-13-22(30)29(26(14-20)36-5-2)33-16-19-9-6-7-10-23(19)32/h6-7,9-10,13-14,18,27,33-34H,4-5,8,11-12,16,32H2,1-3H3. The number of ether oxygens (including phenoxy) is 1. The number of nitrogens with zero attached hydrogens (tertiary/aromatic N) is 1. The second kappa shape index (κ2) is 11.2. The van der Waals surface area contributed by atoms with Crippen molar-refractivity contribution < 1.29 is 9.53 Å². The average Bonchev–Trinajstić information content (AvgIpc) is 2.84. The summed E-state index contributed by atoms with van der Waals surface area (Å²) in [6.07, 6.45) is 3.43. The summed E-state index contributed by atoms with van der Waals surface area (Å²) in [6, 6.07) is 14.1. The number of nitrogens with one attached hydrogen (secondary N) is 2. The molecule has 0 saturated carbocycles. The number of carbonyl (C=O) groups excluding carboxylic acids is 1. The number of nitrogen functional groups attached to an aromatic ring is 1. The van der Waals surface area contributed by atoms with Crippen molar-refractivity contribution in [3.05, 3.63) is 74.5 Å². The van der Waals surface area contributed by atoms with Crippen LogP contribution in [0.25, 0.3) is 0 Å². The first kappa shape index (κ1) is 25.8. The number of allylic oxidation sites excluding steroid dienone is 4. The van der Waals surface area contributed by atoms with E-state index < -0.39 is 5.92 Å². The highest BCUT2D eigenvalue weighted by molar-refractivity contribution is 9.10. The minimum atomic E-state index is -0.421. The Bertz CT molecular complexity index is 1270. The molecule has 0 fully saturated rings. The number of benzene rings is 2. The van der Waals surface area contributed by atoms with E-state index in [9.17, 15) is 10.1 Å². The van der Waals surface area contributed by atoms with Crippen LogP contribution >= 0.6 is 15.9 Å². The molecule has 1 aliphatic carbocycles. The largest absolute Gasteiger partial charge is 0.492 e. The third-order valence-electron chi connectivity index (χ3n) is 6.95. The molecule has 0 aromatic heterocycles. The lowest BCUT2D eigenvalue weighted by Gasteiger charge is -2.35. The molecule has 6 nitrogen and oxygen atoms in total. The number of nitrogens with two attached hydrogens (primary N) is 1. The Balaban J connectivity index is 1.75. The van der Waals surface area contributed by atoms with E-state index in [4.69, 9.17) is 10.5 Å². The van der Waals surface area contributed by atoms with Gasteiger partial charge in [0.05, 0.1) is 29.9 Å². The SMILES string of the molecule is CCCC1CC(=O)C2=C(C1)NC(C)=C(C#N)C2c1cc(Br)c(NCc2ccccc2N)c(OCC)c1. The van der Waals surface area contributed by atoms with Gasteiger partial charge in [0.15, 0.2) is 5.78 Å². The van der Waals surface area contributed by atoms with Crippen molar-refractivity contribution in [3.63, 3.8) is 0 Å². The molecule has 2 aliphatic rings. The fraction of sp³-hybridized carbons (Fsp3) is 0.379. The Hall–Kier alpha value is -3.24. The molecular formula is C29H33BrN4O2. The molecule has 7 heteroatoms. The molecule has 4 N–H and O–H groups in total. The van der Waals surface area contributed by atoms with E-state index in [1.807, 2.05) is 50.2 Å². The first-order chi connectivity index (χ1) is 17.4. The van der Waals surface area contributed by atoms with Crippen LogP contribution in [0.1, 0.15) is 63.5 Å². The summed E-state index contributed by atoms with van der Waals surface area (Å²) in [5.41, 5.74) is 12.6. The van der Waals surface area contributed by atoms with Crippen molar-refractivity contribution in [2.75, 3.05) is 17.7 Å². The predicted octanol–water partition coefficient (Wildman–Crippen LogP) is 6.56. The molecule has 1 aliphatic heterocycles. The molecule has 2 aromatic rings. The summed E-state index contributed by atoms with van der Waals surface area (Å²) < 4.78 is 6.84. The molecule has 2 unspecified atom stereocenters. The molecular weight excluding hydrogens is 516 g/mol. The topological polar surface area (TPSA) is 100 Å². The van der Waals surface area contributed by atoms with Gasteiger partial charge in [0.2, 0.25) is 0 Å². The number of halogens is 1. The van der Waals surface area contributed by atoms with Gasteiger partial charge in [-0.1, -0.05) is 31.5 Å². The third kappa shape index (κ3) is 5.15. The Morgan fingerprint density at radius 3 is 2.72 bits per heavy atom. The second-order valence-electron chi connectivity index (χ2n) is 9.45. The maximum Gasteiger partial charge on any atom is 0.161 e. The van der Waals surface area contributed by atoms with Gasteiger partial charge in [-0.15, -0.1) is 0 Å². The van der Waals surface area contributed by atoms with E-state index >= 15 is 0 Å². The van der Waals surface area contributed by atoms with Gasteiger partial charge in [-0.05, 0) is 77.9 Å². The van der Waals surface area contributed by atoms with Gasteiger partial charge in [-0.2, -0.15) is 5.26 Å². The first-order valence-electron chi connectivity index (χ1n) is 12.5. The average molecular weight is 550 g/mol. The van der Waals surface area contributed by atoms with E-state index in [0.717, 1.165) is 63.2 Å². The lowest BCUT2D eigenvalue weighted by molar-refractivity contribution is -0.117. The second-order valence-corrected chi connectivity index (χ2v) is 10.3. The van der Waals surface area contributed by atoms with Crippen molar-refractivity contribution in [3.8, 4) is 11.8 Å². The zero-order valence-corrected chi connectivity index (χ0v) is 22.7. The van der Waals surface area contributed by atoms with Crippen molar-refractivity contribution in [1.82, 2.24) is 5.32 Å². The van der Waals surface area contributed by atoms with Crippen LogP contribution in [0.15, 0.2) is 63.4 Å². The Morgan fingerprint density at radius 1 is 1.25 bits per heavy atom. The highest BCUT2D eigenvalue weighted by Gasteiger charge is 2.38. The van der Waals surface area contributed by atoms with Gasteiger partial charge >= 0.3 is 0 Å². The van der Waals surface area contributed by atoms with Crippen LogP contribution in [-0.4, -0.2) is 12.4 Å². The molecule has 2 atom stereocenters. The number of carbonyl (C=O) groups is 1.